The highest BCUT2D eigenvalue weighted by Gasteiger charge is 2.29. The highest BCUT2D eigenvalue weighted by Crippen LogP contribution is 2.37. The number of carbonyl (C=O) groups excluding carboxylic acids is 2. The van der Waals surface area contributed by atoms with Crippen molar-refractivity contribution in [1.82, 2.24) is 14.8 Å². The van der Waals surface area contributed by atoms with Crippen LogP contribution in [0.1, 0.15) is 66.9 Å². The maximum Gasteiger partial charge on any atom is 0.308 e. The van der Waals surface area contributed by atoms with E-state index in [0.717, 1.165) is 23.2 Å². The highest BCUT2D eigenvalue weighted by atomic mass is 19.1. The number of carbonyl (C=O) groups is 2. The second-order valence-electron chi connectivity index (χ2n) is 11.9. The van der Waals surface area contributed by atoms with Crippen LogP contribution in [0.2, 0.25) is 0 Å². The molecular weight excluding hydrogens is 597 g/mol. The van der Waals surface area contributed by atoms with Crippen molar-refractivity contribution < 1.29 is 23.5 Å². The van der Waals surface area contributed by atoms with Gasteiger partial charge in [0.2, 0.25) is 5.91 Å². The molecule has 1 amide bonds. The number of ether oxygens (including phenoxy) is 2. The summed E-state index contributed by atoms with van der Waals surface area (Å²) in [5, 5.41) is 2.92. The number of rotatable bonds is 18. The number of hydrogen-bond donors (Lipinski definition) is 1. The van der Waals surface area contributed by atoms with Gasteiger partial charge >= 0.3 is 5.97 Å². The van der Waals surface area contributed by atoms with Gasteiger partial charge < -0.3 is 24.3 Å². The van der Waals surface area contributed by atoms with Gasteiger partial charge in [0, 0.05) is 29.9 Å². The van der Waals surface area contributed by atoms with Crippen LogP contribution in [0, 0.1) is 19.7 Å². The molecule has 1 N–H and O–H groups in total. The maximum atomic E-state index is 16.1. The second-order valence-corrected chi connectivity index (χ2v) is 11.9. The fourth-order valence-electron chi connectivity index (χ4n) is 5.44. The van der Waals surface area contributed by atoms with Crippen LogP contribution in [0.15, 0.2) is 78.8 Å². The standard InChI is InChI=1S/C38H48FN3O5/c1-8-11-15-32(42-25-28(17-18-34(42)43)19-20-41(6)7)38(45)40-31(24-35(44)46-10-3)30-23-29(22-27(5)37(30)39)36-26(4)14-13-16-33(36)47-21-12-9-2/h8-9,13-14,16-18,22-23,25,31-32H,1-2,10-12,15,19-21,24H2,3-7H3,(H,40,45)/t31-,32-/m0/s1. The Hall–Kier alpha value is -4.50. The lowest BCUT2D eigenvalue weighted by Gasteiger charge is -2.26. The summed E-state index contributed by atoms with van der Waals surface area (Å²) in [6.45, 7) is 14.1. The Morgan fingerprint density at radius 1 is 1.06 bits per heavy atom. The Morgan fingerprint density at radius 3 is 2.49 bits per heavy atom. The van der Waals surface area contributed by atoms with Gasteiger partial charge in [-0.1, -0.05) is 30.4 Å². The van der Waals surface area contributed by atoms with Gasteiger partial charge in [-0.2, -0.15) is 0 Å². The summed E-state index contributed by atoms with van der Waals surface area (Å²) in [6, 6.07) is 10.3. The summed E-state index contributed by atoms with van der Waals surface area (Å²) in [5.74, 6) is -1.01. The number of nitrogens with zero attached hydrogens (tertiary/aromatic N) is 2. The molecule has 1 aromatic heterocycles. The fraction of sp³-hybridized carbons (Fsp3) is 0.395. The van der Waals surface area contributed by atoms with Gasteiger partial charge in [0.15, 0.2) is 0 Å². The Bertz CT molecular complexity index is 1610. The number of allylic oxidation sites excluding steroid dienone is 1. The van der Waals surface area contributed by atoms with Crippen LogP contribution in [-0.4, -0.2) is 55.2 Å². The molecule has 0 aliphatic rings. The number of aryl methyl sites for hydroxylation is 2. The zero-order valence-corrected chi connectivity index (χ0v) is 28.3. The van der Waals surface area contributed by atoms with E-state index in [-0.39, 0.29) is 30.6 Å². The largest absolute Gasteiger partial charge is 0.493 e. The third kappa shape index (κ3) is 10.2. The van der Waals surface area contributed by atoms with Gasteiger partial charge in [-0.15, -0.1) is 13.2 Å². The van der Waals surface area contributed by atoms with Crippen molar-refractivity contribution in [1.29, 1.82) is 0 Å². The van der Waals surface area contributed by atoms with E-state index in [9.17, 15) is 14.4 Å². The number of pyridine rings is 1. The summed E-state index contributed by atoms with van der Waals surface area (Å²) < 4.78 is 28.8. The van der Waals surface area contributed by atoms with Gasteiger partial charge in [-0.3, -0.25) is 14.4 Å². The van der Waals surface area contributed by atoms with E-state index in [2.05, 4.69) is 18.5 Å². The van der Waals surface area contributed by atoms with Crippen LogP contribution < -0.4 is 15.6 Å². The first-order valence-electron chi connectivity index (χ1n) is 16.1. The first kappa shape index (κ1) is 37.0. The van der Waals surface area contributed by atoms with E-state index in [0.29, 0.717) is 42.7 Å². The highest BCUT2D eigenvalue weighted by molar-refractivity contribution is 5.82. The van der Waals surface area contributed by atoms with Gasteiger partial charge in [-0.25, -0.2) is 4.39 Å². The van der Waals surface area contributed by atoms with E-state index < -0.39 is 29.8 Å². The van der Waals surface area contributed by atoms with Crippen molar-refractivity contribution in [2.24, 2.45) is 0 Å². The summed E-state index contributed by atoms with van der Waals surface area (Å²) in [4.78, 5) is 42.1. The summed E-state index contributed by atoms with van der Waals surface area (Å²) in [7, 11) is 3.93. The fourth-order valence-corrected chi connectivity index (χ4v) is 5.44. The van der Waals surface area contributed by atoms with E-state index >= 15 is 4.39 Å². The smallest absolute Gasteiger partial charge is 0.308 e. The minimum absolute atomic E-state index is 0.132. The van der Waals surface area contributed by atoms with Gasteiger partial charge in [-0.05, 0) is 101 Å². The van der Waals surface area contributed by atoms with Gasteiger partial charge in [0.25, 0.3) is 5.56 Å². The normalized spacial score (nSPS) is 12.3. The molecule has 0 fully saturated rings. The minimum Gasteiger partial charge on any atom is -0.493 e. The van der Waals surface area contributed by atoms with E-state index in [4.69, 9.17) is 9.47 Å². The van der Waals surface area contributed by atoms with E-state index in [1.54, 1.807) is 50.4 Å². The summed E-state index contributed by atoms with van der Waals surface area (Å²) in [5.41, 5.74) is 3.43. The molecule has 2 aromatic carbocycles. The molecule has 9 heteroatoms. The molecule has 0 saturated heterocycles. The lowest BCUT2D eigenvalue weighted by atomic mass is 9.92. The van der Waals surface area contributed by atoms with E-state index in [1.807, 2.05) is 44.1 Å². The average molecular weight is 646 g/mol. The molecule has 2 atom stereocenters. The molecule has 8 nitrogen and oxygen atoms in total. The van der Waals surface area contributed by atoms with Crippen molar-refractivity contribution >= 4 is 11.9 Å². The Labute approximate surface area is 277 Å². The average Bonchev–Trinajstić information content (AvgIpc) is 3.02. The Balaban J connectivity index is 2.11. The van der Waals surface area contributed by atoms with Crippen LogP contribution in [-0.2, 0) is 20.7 Å². The number of amides is 1. The SMILES string of the molecule is C=CCCOc1cccc(C)c1-c1cc(C)c(F)c([C@H](CC(=O)OCC)NC(=O)[C@H](CCC=C)n2cc(CCN(C)C)ccc2=O)c1. The van der Waals surface area contributed by atoms with Crippen LogP contribution in [0.4, 0.5) is 4.39 Å². The molecule has 0 radical (unpaired) electrons. The second kappa shape index (κ2) is 18.0. The lowest BCUT2D eigenvalue weighted by molar-refractivity contribution is -0.144. The van der Waals surface area contributed by atoms with Crippen molar-refractivity contribution in [2.75, 3.05) is 33.9 Å². The van der Waals surface area contributed by atoms with Crippen LogP contribution in [0.25, 0.3) is 11.1 Å². The molecule has 0 bridgehead atoms. The first-order chi connectivity index (χ1) is 22.5. The van der Waals surface area contributed by atoms with E-state index in [1.165, 1.54) is 10.6 Å². The molecule has 47 heavy (non-hydrogen) atoms. The summed E-state index contributed by atoms with van der Waals surface area (Å²) in [6.07, 6.45) is 6.94. The molecule has 3 rings (SSSR count). The number of halogens is 1. The lowest BCUT2D eigenvalue weighted by Crippen LogP contribution is -2.40. The topological polar surface area (TPSA) is 89.9 Å². The zero-order chi connectivity index (χ0) is 34.5. The van der Waals surface area contributed by atoms with Crippen molar-refractivity contribution in [2.45, 2.75) is 65.0 Å². The van der Waals surface area contributed by atoms with Gasteiger partial charge in [0.1, 0.15) is 17.6 Å². The zero-order valence-electron chi connectivity index (χ0n) is 28.3. The van der Waals surface area contributed by atoms with Crippen LogP contribution in [0.5, 0.6) is 5.75 Å². The maximum absolute atomic E-state index is 16.1. The molecule has 1 heterocycles. The van der Waals surface area contributed by atoms with Crippen LogP contribution >= 0.6 is 0 Å². The molecule has 0 aliphatic heterocycles. The number of esters is 1. The Morgan fingerprint density at radius 2 is 1.81 bits per heavy atom. The first-order valence-corrected chi connectivity index (χ1v) is 16.1. The van der Waals surface area contributed by atoms with Crippen molar-refractivity contribution in [3.63, 3.8) is 0 Å². The number of hydrogen-bond acceptors (Lipinski definition) is 6. The molecule has 0 unspecified atom stereocenters. The third-order valence-corrected chi connectivity index (χ3v) is 7.88. The molecular formula is C38H48FN3O5. The molecule has 0 spiro atoms. The minimum atomic E-state index is -1.08. The third-order valence-electron chi connectivity index (χ3n) is 7.88. The number of nitrogens with one attached hydrogen (secondary N) is 1. The molecule has 3 aromatic rings. The molecule has 252 valence electrons. The van der Waals surface area contributed by atoms with Crippen LogP contribution in [0.3, 0.4) is 0 Å². The van der Waals surface area contributed by atoms with Crippen molar-refractivity contribution in [3.8, 4) is 16.9 Å². The number of likely N-dealkylation sites (N-methyl/N-ethyl adjacent to an activating group) is 1. The number of benzene rings is 2. The number of aromatic nitrogens is 1. The summed E-state index contributed by atoms with van der Waals surface area (Å²) >= 11 is 0. The predicted molar refractivity (Wildman–Crippen MR) is 185 cm³/mol. The molecule has 0 saturated carbocycles. The monoisotopic (exact) mass is 645 g/mol. The van der Waals surface area contributed by atoms with Crippen molar-refractivity contribution in [3.05, 3.63) is 112 Å². The quantitative estimate of drug-likeness (QED) is 0.0947. The Kier molecular flexibility index (Phi) is 14.2. The molecule has 0 aliphatic carbocycles. The van der Waals surface area contributed by atoms with Gasteiger partial charge in [0.05, 0.1) is 25.7 Å². The predicted octanol–water partition coefficient (Wildman–Crippen LogP) is 6.65.